The molecule has 0 saturated heterocycles. The molecule has 2 aromatic rings. The lowest BCUT2D eigenvalue weighted by Crippen LogP contribution is -2.49. The van der Waals surface area contributed by atoms with Crippen molar-refractivity contribution in [3.63, 3.8) is 0 Å². The molecule has 1 aliphatic carbocycles. The number of ether oxygens (including phenoxy) is 1. The number of methoxy groups -OCH3 is 1. The third-order valence-electron chi connectivity index (χ3n) is 5.67. The fraction of sp³-hybridized carbons (Fsp3) is 0.545. The molecule has 1 aromatic carbocycles. The monoisotopic (exact) mass is 417 g/mol. The molecule has 1 fully saturated rings. The number of rotatable bonds is 6. The molecule has 6 nitrogen and oxygen atoms in total. The van der Waals surface area contributed by atoms with E-state index in [-0.39, 0.29) is 11.5 Å². The maximum absolute atomic E-state index is 11.2. The average Bonchev–Trinajstić information content (AvgIpc) is 3.14. The third-order valence-corrected chi connectivity index (χ3v) is 6.45. The highest BCUT2D eigenvalue weighted by molar-refractivity contribution is 7.14. The van der Waals surface area contributed by atoms with Gasteiger partial charge in [0.1, 0.15) is 5.75 Å². The van der Waals surface area contributed by atoms with Gasteiger partial charge in [-0.2, -0.15) is 0 Å². The molecule has 0 spiro atoms. The number of hydrogen-bond donors (Lipinski definition) is 3. The molecule has 1 aliphatic rings. The van der Waals surface area contributed by atoms with Crippen molar-refractivity contribution in [2.75, 3.05) is 12.4 Å². The van der Waals surface area contributed by atoms with E-state index in [1.807, 2.05) is 24.3 Å². The largest absolute Gasteiger partial charge is 0.497 e. The second kappa shape index (κ2) is 9.03. The lowest BCUT2D eigenvalue weighted by molar-refractivity contribution is 0.134. The summed E-state index contributed by atoms with van der Waals surface area (Å²) in [6.07, 6.45) is 3.14. The number of nitrogens with one attached hydrogen (secondary N) is 2. The predicted molar refractivity (Wildman–Crippen MR) is 118 cm³/mol. The van der Waals surface area contributed by atoms with Gasteiger partial charge in [0.15, 0.2) is 5.13 Å². The van der Waals surface area contributed by atoms with Gasteiger partial charge in [0.05, 0.1) is 12.8 Å². The number of hydrogen-bond acceptors (Lipinski definition) is 5. The fourth-order valence-electron chi connectivity index (χ4n) is 4.18. The Labute approximate surface area is 176 Å². The lowest BCUT2D eigenvalue weighted by atomic mass is 9.72. The number of anilines is 1. The van der Waals surface area contributed by atoms with Gasteiger partial charge in [0, 0.05) is 23.0 Å². The molecule has 0 radical (unpaired) electrons. The second-order valence-corrected chi connectivity index (χ2v) is 9.67. The molecule has 3 N–H and O–H groups in total. The number of carboxylic acid groups (broad SMARTS) is 1. The minimum absolute atomic E-state index is 0.0255. The predicted octanol–water partition coefficient (Wildman–Crippen LogP) is 5.47. The van der Waals surface area contributed by atoms with Crippen LogP contribution >= 0.6 is 11.3 Å². The lowest BCUT2D eigenvalue weighted by Gasteiger charge is -2.40. The Morgan fingerprint density at radius 3 is 2.41 bits per heavy atom. The van der Waals surface area contributed by atoms with Crippen molar-refractivity contribution in [2.45, 2.75) is 58.5 Å². The zero-order valence-electron chi connectivity index (χ0n) is 17.6. The number of thiazole rings is 1. The van der Waals surface area contributed by atoms with Gasteiger partial charge in [-0.1, -0.05) is 20.8 Å². The second-order valence-electron chi connectivity index (χ2n) is 8.82. The maximum atomic E-state index is 11.2. The van der Waals surface area contributed by atoms with E-state index in [1.54, 1.807) is 18.4 Å². The molecule has 29 heavy (non-hydrogen) atoms. The van der Waals surface area contributed by atoms with E-state index in [9.17, 15) is 9.90 Å². The smallest absolute Gasteiger partial charge is 0.404 e. The molecule has 0 bridgehead atoms. The van der Waals surface area contributed by atoms with Crippen molar-refractivity contribution in [3.8, 4) is 17.0 Å². The van der Waals surface area contributed by atoms with E-state index in [1.165, 1.54) is 0 Å². The molecular formula is C22H31N3O3S. The van der Waals surface area contributed by atoms with Crippen LogP contribution in [0.1, 0.15) is 46.5 Å². The van der Waals surface area contributed by atoms with Crippen LogP contribution in [0.4, 0.5) is 9.93 Å². The summed E-state index contributed by atoms with van der Waals surface area (Å²) in [6.45, 7) is 6.32. The van der Waals surface area contributed by atoms with Gasteiger partial charge < -0.3 is 20.5 Å². The number of carbonyl (C=O) groups is 1. The highest BCUT2D eigenvalue weighted by atomic mass is 32.1. The van der Waals surface area contributed by atoms with Crippen molar-refractivity contribution in [1.29, 1.82) is 0 Å². The quantitative estimate of drug-likeness (QED) is 0.580. The molecular weight excluding hydrogens is 386 g/mol. The topological polar surface area (TPSA) is 83.5 Å². The molecule has 1 amide bonds. The average molecular weight is 418 g/mol. The molecule has 1 saturated carbocycles. The summed E-state index contributed by atoms with van der Waals surface area (Å²) in [5.74, 6) is 1.21. The first-order valence-corrected chi connectivity index (χ1v) is 11.0. The third kappa shape index (κ3) is 5.63. The Bertz CT molecular complexity index is 805. The minimum atomic E-state index is -0.931. The molecule has 1 aromatic heterocycles. The zero-order valence-corrected chi connectivity index (χ0v) is 18.4. The van der Waals surface area contributed by atoms with Crippen molar-refractivity contribution < 1.29 is 14.6 Å². The summed E-state index contributed by atoms with van der Waals surface area (Å²) in [6, 6.07) is 8.28. The van der Waals surface area contributed by atoms with Gasteiger partial charge in [-0.05, 0) is 61.3 Å². The van der Waals surface area contributed by atoms with E-state index < -0.39 is 6.09 Å². The van der Waals surface area contributed by atoms with Crippen LogP contribution in [-0.4, -0.2) is 35.4 Å². The first kappa shape index (κ1) is 21.4. The van der Waals surface area contributed by atoms with Crippen LogP contribution in [0, 0.1) is 11.3 Å². The Morgan fingerprint density at radius 2 is 1.86 bits per heavy atom. The molecule has 158 valence electrons. The molecule has 1 unspecified atom stereocenters. The maximum Gasteiger partial charge on any atom is 0.404 e. The van der Waals surface area contributed by atoms with E-state index in [0.29, 0.717) is 12.0 Å². The highest BCUT2D eigenvalue weighted by Gasteiger charge is 2.36. The van der Waals surface area contributed by atoms with E-state index >= 15 is 0 Å². The summed E-state index contributed by atoms with van der Waals surface area (Å²) in [5.41, 5.74) is 1.95. The van der Waals surface area contributed by atoms with E-state index in [0.717, 1.165) is 47.8 Å². The number of nitrogens with zero attached hydrogens (tertiary/aromatic N) is 1. The summed E-state index contributed by atoms with van der Waals surface area (Å²) in [7, 11) is 1.66. The Hall–Kier alpha value is -2.28. The first-order valence-electron chi connectivity index (χ1n) is 10.1. The van der Waals surface area contributed by atoms with E-state index in [2.05, 4.69) is 36.8 Å². The number of amides is 1. The van der Waals surface area contributed by atoms with Gasteiger partial charge in [-0.25, -0.2) is 9.78 Å². The van der Waals surface area contributed by atoms with Gasteiger partial charge >= 0.3 is 6.09 Å². The normalized spacial score (nSPS) is 20.7. The molecule has 0 aliphatic heterocycles. The standard InChI is InChI=1S/C22H31N3O3S/c1-22(2,3)19(25-21(26)27)15-5-9-16(10-6-15)23-20-24-18(13-29-20)14-7-11-17(28-4)12-8-14/h7-8,11-13,15-16,19,25H,5-6,9-10H2,1-4H3,(H,23,24)(H,26,27). The summed E-state index contributed by atoms with van der Waals surface area (Å²) < 4.78 is 5.21. The van der Waals surface area contributed by atoms with Crippen LogP contribution in [0.3, 0.4) is 0 Å². The summed E-state index contributed by atoms with van der Waals surface area (Å²) in [4.78, 5) is 16.0. The first-order chi connectivity index (χ1) is 13.8. The molecule has 7 heteroatoms. The fourth-order valence-corrected chi connectivity index (χ4v) is 4.98. The van der Waals surface area contributed by atoms with Crippen molar-refractivity contribution in [3.05, 3.63) is 29.6 Å². The van der Waals surface area contributed by atoms with E-state index in [4.69, 9.17) is 9.72 Å². The molecule has 1 atom stereocenters. The van der Waals surface area contributed by atoms with Gasteiger partial charge in [0.2, 0.25) is 0 Å². The van der Waals surface area contributed by atoms with Crippen LogP contribution in [0.15, 0.2) is 29.6 Å². The van der Waals surface area contributed by atoms with Gasteiger partial charge in [0.25, 0.3) is 0 Å². The van der Waals surface area contributed by atoms with Crippen molar-refractivity contribution in [2.24, 2.45) is 11.3 Å². The highest BCUT2D eigenvalue weighted by Crippen LogP contribution is 2.36. The number of aromatic nitrogens is 1. The summed E-state index contributed by atoms with van der Waals surface area (Å²) >= 11 is 1.62. The minimum Gasteiger partial charge on any atom is -0.497 e. The van der Waals surface area contributed by atoms with Crippen LogP contribution < -0.4 is 15.4 Å². The SMILES string of the molecule is COc1ccc(-c2csc(NC3CCC(C(NC(=O)O)C(C)(C)C)CC3)n2)cc1. The van der Waals surface area contributed by atoms with Gasteiger partial charge in [-0.3, -0.25) is 0 Å². The van der Waals surface area contributed by atoms with Crippen LogP contribution in [-0.2, 0) is 0 Å². The molecule has 3 rings (SSSR count). The van der Waals surface area contributed by atoms with Crippen LogP contribution in [0.5, 0.6) is 5.75 Å². The van der Waals surface area contributed by atoms with Gasteiger partial charge in [-0.15, -0.1) is 11.3 Å². The Kier molecular flexibility index (Phi) is 6.67. The summed E-state index contributed by atoms with van der Waals surface area (Å²) in [5, 5.41) is 18.6. The Morgan fingerprint density at radius 1 is 1.21 bits per heavy atom. The van der Waals surface area contributed by atoms with Crippen LogP contribution in [0.2, 0.25) is 0 Å². The van der Waals surface area contributed by atoms with Crippen molar-refractivity contribution in [1.82, 2.24) is 10.3 Å². The van der Waals surface area contributed by atoms with Crippen LogP contribution in [0.25, 0.3) is 11.3 Å². The number of benzene rings is 1. The zero-order chi connectivity index (χ0) is 21.0. The van der Waals surface area contributed by atoms with Crippen molar-refractivity contribution >= 4 is 22.6 Å². The molecule has 1 heterocycles. The Balaban J connectivity index is 1.57.